The topological polar surface area (TPSA) is 80.6 Å². The molecule has 3 aromatic rings. The molecule has 0 bridgehead atoms. The maximum atomic E-state index is 12.8. The van der Waals surface area contributed by atoms with Gasteiger partial charge in [0.1, 0.15) is 11.5 Å². The fourth-order valence-corrected chi connectivity index (χ4v) is 3.16. The van der Waals surface area contributed by atoms with E-state index in [1.54, 1.807) is 54.8 Å². The highest BCUT2D eigenvalue weighted by Crippen LogP contribution is 2.25. The number of halogens is 1. The predicted molar refractivity (Wildman–Crippen MR) is 123 cm³/mol. The molecule has 162 valence electrons. The van der Waals surface area contributed by atoms with Crippen molar-refractivity contribution in [2.75, 3.05) is 11.9 Å². The molecule has 0 unspecified atom stereocenters. The average Bonchev–Trinajstić information content (AvgIpc) is 3.27. The summed E-state index contributed by atoms with van der Waals surface area (Å²) in [5.41, 5.74) is 1.52. The van der Waals surface area contributed by atoms with E-state index in [0.29, 0.717) is 47.4 Å². The quantitative estimate of drug-likeness (QED) is 0.411. The van der Waals surface area contributed by atoms with Crippen molar-refractivity contribution in [1.29, 1.82) is 0 Å². The van der Waals surface area contributed by atoms with Crippen molar-refractivity contribution in [2.24, 2.45) is 5.92 Å². The summed E-state index contributed by atoms with van der Waals surface area (Å²) in [6.07, 6.45) is 2.46. The minimum Gasteiger partial charge on any atom is -0.493 e. The predicted octanol–water partition coefficient (Wildman–Crippen LogP) is 5.65. The Kier molecular flexibility index (Phi) is 7.89. The third-order valence-electron chi connectivity index (χ3n) is 4.55. The Balaban J connectivity index is 1.62. The third kappa shape index (κ3) is 6.72. The molecular formula is C24H25BrN2O4. The number of furan rings is 1. The molecule has 0 aliphatic heterocycles. The van der Waals surface area contributed by atoms with Gasteiger partial charge in [0, 0.05) is 15.7 Å². The first-order valence-corrected chi connectivity index (χ1v) is 10.9. The van der Waals surface area contributed by atoms with E-state index in [-0.39, 0.29) is 11.8 Å². The van der Waals surface area contributed by atoms with E-state index in [0.717, 1.165) is 10.9 Å². The van der Waals surface area contributed by atoms with Crippen molar-refractivity contribution in [1.82, 2.24) is 5.32 Å². The van der Waals surface area contributed by atoms with Crippen LogP contribution in [-0.2, 0) is 6.54 Å². The lowest BCUT2D eigenvalue weighted by Crippen LogP contribution is -2.22. The fourth-order valence-electron chi connectivity index (χ4n) is 2.80. The summed E-state index contributed by atoms with van der Waals surface area (Å²) in [6, 6.07) is 15.6. The number of carbonyl (C=O) groups is 2. The van der Waals surface area contributed by atoms with E-state index in [2.05, 4.69) is 40.4 Å². The van der Waals surface area contributed by atoms with Crippen LogP contribution in [0.1, 0.15) is 46.7 Å². The zero-order valence-electron chi connectivity index (χ0n) is 17.5. The summed E-state index contributed by atoms with van der Waals surface area (Å²) in [6.45, 7) is 5.10. The number of hydrogen-bond acceptors (Lipinski definition) is 4. The molecule has 2 amide bonds. The van der Waals surface area contributed by atoms with Gasteiger partial charge in [-0.25, -0.2) is 0 Å². The van der Waals surface area contributed by atoms with Gasteiger partial charge in [-0.1, -0.05) is 29.8 Å². The van der Waals surface area contributed by atoms with E-state index in [1.807, 2.05) is 6.07 Å². The average molecular weight is 485 g/mol. The molecular weight excluding hydrogens is 460 g/mol. The van der Waals surface area contributed by atoms with E-state index < -0.39 is 0 Å². The van der Waals surface area contributed by atoms with Crippen molar-refractivity contribution >= 4 is 33.4 Å². The highest BCUT2D eigenvalue weighted by Gasteiger charge is 2.15. The number of anilines is 1. The van der Waals surface area contributed by atoms with Crippen LogP contribution in [0.5, 0.6) is 5.75 Å². The van der Waals surface area contributed by atoms with Crippen LogP contribution >= 0.6 is 15.9 Å². The molecule has 2 N–H and O–H groups in total. The zero-order valence-corrected chi connectivity index (χ0v) is 19.1. The second-order valence-corrected chi connectivity index (χ2v) is 8.38. The summed E-state index contributed by atoms with van der Waals surface area (Å²) in [4.78, 5) is 25.1. The Hall–Kier alpha value is -3.06. The van der Waals surface area contributed by atoms with Crippen LogP contribution < -0.4 is 15.4 Å². The summed E-state index contributed by atoms with van der Waals surface area (Å²) >= 11 is 3.41. The lowest BCUT2D eigenvalue weighted by atomic mass is 10.1. The molecule has 0 saturated heterocycles. The summed E-state index contributed by atoms with van der Waals surface area (Å²) in [5, 5.41) is 5.65. The zero-order chi connectivity index (χ0) is 22.2. The number of carbonyl (C=O) groups excluding carboxylic acids is 2. The van der Waals surface area contributed by atoms with Crippen LogP contribution in [0, 0.1) is 5.92 Å². The Morgan fingerprint density at radius 2 is 1.84 bits per heavy atom. The van der Waals surface area contributed by atoms with Crippen molar-refractivity contribution < 1.29 is 18.7 Å². The lowest BCUT2D eigenvalue weighted by Gasteiger charge is -2.13. The largest absolute Gasteiger partial charge is 0.493 e. The molecule has 0 saturated carbocycles. The van der Waals surface area contributed by atoms with Gasteiger partial charge in [-0.05, 0) is 66.9 Å². The van der Waals surface area contributed by atoms with Gasteiger partial charge < -0.3 is 19.8 Å². The van der Waals surface area contributed by atoms with Crippen LogP contribution in [0.4, 0.5) is 5.69 Å². The van der Waals surface area contributed by atoms with E-state index in [1.165, 1.54) is 0 Å². The van der Waals surface area contributed by atoms with Gasteiger partial charge >= 0.3 is 0 Å². The Morgan fingerprint density at radius 1 is 1.06 bits per heavy atom. The highest BCUT2D eigenvalue weighted by molar-refractivity contribution is 9.10. The standard InChI is InChI=1S/C24H25BrN2O4/c1-16(2)11-13-31-22-10-7-18(25)14-21(22)24(29)27-19-8-5-17(6-9-19)23(28)26-15-20-4-3-12-30-20/h3-10,12,14,16H,11,13,15H2,1-2H3,(H,26,28)(H,27,29). The summed E-state index contributed by atoms with van der Waals surface area (Å²) < 4.78 is 11.8. The number of amides is 2. The molecule has 0 radical (unpaired) electrons. The maximum absolute atomic E-state index is 12.8. The molecule has 0 spiro atoms. The molecule has 1 aromatic heterocycles. The Morgan fingerprint density at radius 3 is 2.52 bits per heavy atom. The number of benzene rings is 2. The van der Waals surface area contributed by atoms with Crippen LogP contribution in [0.3, 0.4) is 0 Å². The van der Waals surface area contributed by atoms with Crippen molar-refractivity contribution in [2.45, 2.75) is 26.8 Å². The van der Waals surface area contributed by atoms with Crippen LogP contribution in [0.25, 0.3) is 0 Å². The first-order valence-electron chi connectivity index (χ1n) is 10.1. The molecule has 7 heteroatoms. The van der Waals surface area contributed by atoms with Gasteiger partial charge in [-0.2, -0.15) is 0 Å². The van der Waals surface area contributed by atoms with Crippen molar-refractivity contribution in [3.8, 4) is 5.75 Å². The van der Waals surface area contributed by atoms with Crippen LogP contribution in [-0.4, -0.2) is 18.4 Å². The second kappa shape index (κ2) is 10.8. The van der Waals surface area contributed by atoms with Crippen LogP contribution in [0.15, 0.2) is 69.8 Å². The highest BCUT2D eigenvalue weighted by atomic mass is 79.9. The van der Waals surface area contributed by atoms with Gasteiger partial charge in [0.25, 0.3) is 11.8 Å². The monoisotopic (exact) mass is 484 g/mol. The Labute approximate surface area is 190 Å². The molecule has 1 heterocycles. The summed E-state index contributed by atoms with van der Waals surface area (Å²) in [7, 11) is 0. The SMILES string of the molecule is CC(C)CCOc1ccc(Br)cc1C(=O)Nc1ccc(C(=O)NCc2ccco2)cc1. The number of hydrogen-bond donors (Lipinski definition) is 2. The molecule has 0 aliphatic rings. The minimum absolute atomic E-state index is 0.220. The number of nitrogens with one attached hydrogen (secondary N) is 2. The molecule has 0 atom stereocenters. The number of ether oxygens (including phenoxy) is 1. The van der Waals surface area contributed by atoms with Crippen molar-refractivity contribution in [3.05, 3.63) is 82.2 Å². The second-order valence-electron chi connectivity index (χ2n) is 7.46. The van der Waals surface area contributed by atoms with Gasteiger partial charge in [0.15, 0.2) is 0 Å². The smallest absolute Gasteiger partial charge is 0.259 e. The first kappa shape index (κ1) is 22.6. The minimum atomic E-state index is -0.282. The van der Waals surface area contributed by atoms with Crippen molar-refractivity contribution in [3.63, 3.8) is 0 Å². The van der Waals surface area contributed by atoms with Crippen LogP contribution in [0.2, 0.25) is 0 Å². The summed E-state index contributed by atoms with van der Waals surface area (Å²) in [5.74, 6) is 1.23. The van der Waals surface area contributed by atoms with Gasteiger partial charge in [-0.15, -0.1) is 0 Å². The third-order valence-corrected chi connectivity index (χ3v) is 5.04. The van der Waals surface area contributed by atoms with E-state index >= 15 is 0 Å². The normalized spacial score (nSPS) is 10.7. The molecule has 0 fully saturated rings. The molecule has 2 aromatic carbocycles. The maximum Gasteiger partial charge on any atom is 0.259 e. The van der Waals surface area contributed by atoms with E-state index in [9.17, 15) is 9.59 Å². The van der Waals surface area contributed by atoms with Gasteiger partial charge in [-0.3, -0.25) is 9.59 Å². The first-order chi connectivity index (χ1) is 14.9. The Bertz CT molecular complexity index is 1010. The number of rotatable bonds is 9. The molecule has 6 nitrogen and oxygen atoms in total. The molecule has 0 aliphatic carbocycles. The molecule has 3 rings (SSSR count). The van der Waals surface area contributed by atoms with E-state index in [4.69, 9.17) is 9.15 Å². The fraction of sp³-hybridized carbons (Fsp3) is 0.250. The lowest BCUT2D eigenvalue weighted by molar-refractivity contribution is 0.0947. The van der Waals surface area contributed by atoms with Gasteiger partial charge in [0.05, 0.1) is 25.0 Å². The van der Waals surface area contributed by atoms with Gasteiger partial charge in [0.2, 0.25) is 0 Å². The molecule has 31 heavy (non-hydrogen) atoms.